The molecule has 0 aromatic rings. The molecule has 0 saturated heterocycles. The molecule has 1 saturated carbocycles. The lowest BCUT2D eigenvalue weighted by molar-refractivity contribution is 0.120. The topological polar surface area (TPSA) is 40.5 Å². The highest BCUT2D eigenvalue weighted by molar-refractivity contribution is 4.81. The van der Waals surface area contributed by atoms with Crippen LogP contribution in [0.25, 0.3) is 0 Å². The largest absolute Gasteiger partial charge is 0.396 e. The normalized spacial score (nSPS) is 40.5. The molecule has 3 unspecified atom stereocenters. The molecule has 0 bridgehead atoms. The van der Waals surface area contributed by atoms with Gasteiger partial charge in [-0.1, -0.05) is 6.92 Å². The van der Waals surface area contributed by atoms with Gasteiger partial charge in [0.15, 0.2) is 0 Å². The van der Waals surface area contributed by atoms with Gasteiger partial charge in [0.1, 0.15) is 0 Å². The van der Waals surface area contributed by atoms with Crippen molar-refractivity contribution in [2.75, 3.05) is 6.61 Å². The molecule has 3 atom stereocenters. The Morgan fingerprint density at radius 2 is 2.10 bits per heavy atom. The van der Waals surface area contributed by atoms with Crippen molar-refractivity contribution in [2.24, 2.45) is 11.8 Å². The van der Waals surface area contributed by atoms with Crippen LogP contribution in [-0.4, -0.2) is 22.9 Å². The van der Waals surface area contributed by atoms with E-state index < -0.39 is 0 Å². The van der Waals surface area contributed by atoms with Crippen LogP contribution in [0.15, 0.2) is 0 Å². The lowest BCUT2D eigenvalue weighted by Gasteiger charge is -2.15. The summed E-state index contributed by atoms with van der Waals surface area (Å²) in [6.07, 6.45) is 2.75. The summed E-state index contributed by atoms with van der Waals surface area (Å²) in [5, 5.41) is 18.0. The van der Waals surface area contributed by atoms with Gasteiger partial charge in [-0.25, -0.2) is 0 Å². The van der Waals surface area contributed by atoms with Crippen molar-refractivity contribution in [3.8, 4) is 0 Å². The van der Waals surface area contributed by atoms with Crippen LogP contribution in [0.3, 0.4) is 0 Å². The molecule has 1 aliphatic carbocycles. The van der Waals surface area contributed by atoms with E-state index in [9.17, 15) is 5.11 Å². The summed E-state index contributed by atoms with van der Waals surface area (Å²) in [7, 11) is 0. The van der Waals surface area contributed by atoms with E-state index in [0.717, 1.165) is 19.3 Å². The molecule has 0 heterocycles. The minimum absolute atomic E-state index is 0.114. The Balaban J connectivity index is 2.33. The molecular weight excluding hydrogens is 128 g/mol. The van der Waals surface area contributed by atoms with Crippen molar-refractivity contribution >= 4 is 0 Å². The number of hydrogen-bond donors (Lipinski definition) is 2. The standard InChI is InChI=1S/C8H16O2/c1-6-7(4-5-9)2-3-8(6)10/h6-10H,2-5H2,1H3. The van der Waals surface area contributed by atoms with Gasteiger partial charge < -0.3 is 10.2 Å². The van der Waals surface area contributed by atoms with E-state index in [1.165, 1.54) is 0 Å². The number of hydrogen-bond acceptors (Lipinski definition) is 2. The molecular formula is C8H16O2. The number of rotatable bonds is 2. The maximum absolute atomic E-state index is 9.31. The summed E-state index contributed by atoms with van der Waals surface area (Å²) < 4.78 is 0. The van der Waals surface area contributed by atoms with Gasteiger partial charge in [0.05, 0.1) is 6.10 Å². The molecule has 0 aromatic heterocycles. The molecule has 0 aromatic carbocycles. The van der Waals surface area contributed by atoms with Crippen molar-refractivity contribution in [2.45, 2.75) is 32.3 Å². The zero-order valence-corrected chi connectivity index (χ0v) is 6.45. The van der Waals surface area contributed by atoms with Gasteiger partial charge in [-0.15, -0.1) is 0 Å². The van der Waals surface area contributed by atoms with E-state index in [4.69, 9.17) is 5.11 Å². The van der Waals surface area contributed by atoms with Crippen LogP contribution >= 0.6 is 0 Å². The molecule has 1 rings (SSSR count). The highest BCUT2D eigenvalue weighted by atomic mass is 16.3. The van der Waals surface area contributed by atoms with Gasteiger partial charge in [0, 0.05) is 6.61 Å². The third-order valence-electron chi connectivity index (χ3n) is 2.68. The second kappa shape index (κ2) is 3.35. The first-order valence-electron chi connectivity index (χ1n) is 4.04. The van der Waals surface area contributed by atoms with E-state index >= 15 is 0 Å². The molecule has 2 heteroatoms. The fourth-order valence-corrected chi connectivity index (χ4v) is 1.80. The van der Waals surface area contributed by atoms with Crippen molar-refractivity contribution in [3.63, 3.8) is 0 Å². The quantitative estimate of drug-likeness (QED) is 0.601. The fourth-order valence-electron chi connectivity index (χ4n) is 1.80. The lowest BCUT2D eigenvalue weighted by Crippen LogP contribution is -2.15. The smallest absolute Gasteiger partial charge is 0.0568 e. The Kier molecular flexibility index (Phi) is 2.69. The lowest BCUT2D eigenvalue weighted by atomic mass is 9.94. The molecule has 1 fully saturated rings. The first-order valence-corrected chi connectivity index (χ1v) is 4.04. The summed E-state index contributed by atoms with van der Waals surface area (Å²) in [6, 6.07) is 0. The molecule has 0 spiro atoms. The Morgan fingerprint density at radius 3 is 2.50 bits per heavy atom. The molecule has 0 aliphatic heterocycles. The van der Waals surface area contributed by atoms with Crippen LogP contribution in [-0.2, 0) is 0 Å². The van der Waals surface area contributed by atoms with Gasteiger partial charge in [-0.2, -0.15) is 0 Å². The number of aliphatic hydroxyl groups excluding tert-OH is 2. The van der Waals surface area contributed by atoms with Crippen molar-refractivity contribution in [1.82, 2.24) is 0 Å². The first kappa shape index (κ1) is 8.02. The molecule has 60 valence electrons. The maximum atomic E-state index is 9.31. The summed E-state index contributed by atoms with van der Waals surface area (Å²) in [4.78, 5) is 0. The van der Waals surface area contributed by atoms with E-state index in [1.54, 1.807) is 0 Å². The maximum Gasteiger partial charge on any atom is 0.0568 e. The van der Waals surface area contributed by atoms with Crippen LogP contribution in [0.2, 0.25) is 0 Å². The fraction of sp³-hybridized carbons (Fsp3) is 1.00. The van der Waals surface area contributed by atoms with Crippen molar-refractivity contribution in [1.29, 1.82) is 0 Å². The Hall–Kier alpha value is -0.0800. The van der Waals surface area contributed by atoms with Crippen LogP contribution in [0.4, 0.5) is 0 Å². The average Bonchev–Trinajstić information content (AvgIpc) is 2.20. The zero-order chi connectivity index (χ0) is 7.56. The van der Waals surface area contributed by atoms with Crippen molar-refractivity contribution in [3.05, 3.63) is 0 Å². The molecule has 0 amide bonds. The predicted molar refractivity (Wildman–Crippen MR) is 39.6 cm³/mol. The third-order valence-corrected chi connectivity index (χ3v) is 2.68. The monoisotopic (exact) mass is 144 g/mol. The van der Waals surface area contributed by atoms with Gasteiger partial charge in [0.25, 0.3) is 0 Å². The second-order valence-electron chi connectivity index (χ2n) is 3.28. The molecule has 0 radical (unpaired) electrons. The number of aliphatic hydroxyl groups is 2. The van der Waals surface area contributed by atoms with Crippen LogP contribution in [0.5, 0.6) is 0 Å². The van der Waals surface area contributed by atoms with Crippen LogP contribution in [0, 0.1) is 11.8 Å². The second-order valence-corrected chi connectivity index (χ2v) is 3.28. The highest BCUT2D eigenvalue weighted by Crippen LogP contribution is 2.33. The molecule has 10 heavy (non-hydrogen) atoms. The van der Waals surface area contributed by atoms with Crippen LogP contribution in [0.1, 0.15) is 26.2 Å². The van der Waals surface area contributed by atoms with Gasteiger partial charge in [-0.05, 0) is 31.1 Å². The van der Waals surface area contributed by atoms with Crippen molar-refractivity contribution < 1.29 is 10.2 Å². The minimum atomic E-state index is -0.114. The minimum Gasteiger partial charge on any atom is -0.396 e. The third kappa shape index (κ3) is 1.50. The van der Waals surface area contributed by atoms with Gasteiger partial charge >= 0.3 is 0 Å². The molecule has 2 nitrogen and oxygen atoms in total. The zero-order valence-electron chi connectivity index (χ0n) is 6.45. The average molecular weight is 144 g/mol. The molecule has 2 N–H and O–H groups in total. The summed E-state index contributed by atoms with van der Waals surface area (Å²) in [5.74, 6) is 0.951. The Morgan fingerprint density at radius 1 is 1.40 bits per heavy atom. The first-order chi connectivity index (χ1) is 4.75. The van der Waals surface area contributed by atoms with Gasteiger partial charge in [-0.3, -0.25) is 0 Å². The molecule has 1 aliphatic rings. The van der Waals surface area contributed by atoms with Gasteiger partial charge in [0.2, 0.25) is 0 Å². The van der Waals surface area contributed by atoms with E-state index in [2.05, 4.69) is 6.92 Å². The summed E-state index contributed by atoms with van der Waals surface area (Å²) in [5.41, 5.74) is 0. The summed E-state index contributed by atoms with van der Waals surface area (Å²) >= 11 is 0. The van der Waals surface area contributed by atoms with E-state index in [0.29, 0.717) is 11.8 Å². The van der Waals surface area contributed by atoms with E-state index in [-0.39, 0.29) is 12.7 Å². The predicted octanol–water partition coefficient (Wildman–Crippen LogP) is 0.776. The van der Waals surface area contributed by atoms with E-state index in [1.807, 2.05) is 0 Å². The Bertz CT molecular complexity index is 101. The highest BCUT2D eigenvalue weighted by Gasteiger charge is 2.30. The van der Waals surface area contributed by atoms with Crippen LogP contribution < -0.4 is 0 Å². The SMILES string of the molecule is CC1C(O)CCC1CCO. The summed E-state index contributed by atoms with van der Waals surface area (Å²) in [6.45, 7) is 2.33. The Labute approximate surface area is 61.9 Å².